The van der Waals surface area contributed by atoms with E-state index in [1.807, 2.05) is 45.4 Å². The Morgan fingerprint density at radius 1 is 0.468 bits per heavy atom. The Morgan fingerprint density at radius 3 is 1.27 bits per heavy atom. The maximum atomic E-state index is 13.5. The molecule has 0 aromatic carbocycles. The largest absolute Gasteiger partial charge is 0.472 e. The normalized spacial score (nSPS) is 14.7. The SMILES string of the molecule is CC/C=C\C/C=C\C/C=C\C/C=C\C/C=C\C/C=C\CCC(=O)NC(COP(=O)(O)OCC[N+](C)(C)C)C(/C=C/CCCCCCCCCCC)OC(=O)CCCCCCC/C=C\C/C=C\C/C=C\C/C=C\C/C=C\CC. The number of hydrogen-bond donors (Lipinski definition) is 2. The van der Waals surface area contributed by atoms with Crippen molar-refractivity contribution in [2.75, 3.05) is 40.9 Å². The second kappa shape index (κ2) is 55.2. The van der Waals surface area contributed by atoms with Gasteiger partial charge in [0, 0.05) is 12.8 Å². The Morgan fingerprint density at radius 2 is 0.844 bits per heavy atom. The molecule has 0 spiro atoms. The Balaban J connectivity index is 5.41. The molecular weight excluding hydrogens is 976 g/mol. The number of amides is 1. The summed E-state index contributed by atoms with van der Waals surface area (Å²) in [6, 6.07) is -0.908. The number of allylic oxidation sites excluding steroid dienone is 23. The summed E-state index contributed by atoms with van der Waals surface area (Å²) in [5.74, 6) is -0.639. The van der Waals surface area contributed by atoms with Crippen LogP contribution in [-0.2, 0) is 27.9 Å². The zero-order valence-electron chi connectivity index (χ0n) is 49.6. The van der Waals surface area contributed by atoms with Crippen LogP contribution in [0.2, 0.25) is 0 Å². The number of quaternary nitrogens is 1. The number of hydrogen-bond acceptors (Lipinski definition) is 6. The first-order chi connectivity index (χ1) is 37.4. The summed E-state index contributed by atoms with van der Waals surface area (Å²) in [5.41, 5.74) is 0. The zero-order valence-corrected chi connectivity index (χ0v) is 50.5. The number of unbranched alkanes of at least 4 members (excludes halogenated alkanes) is 14. The van der Waals surface area contributed by atoms with Crippen molar-refractivity contribution in [3.63, 3.8) is 0 Å². The van der Waals surface area contributed by atoms with E-state index in [1.165, 1.54) is 44.9 Å². The van der Waals surface area contributed by atoms with E-state index in [0.717, 1.165) is 122 Å². The fourth-order valence-corrected chi connectivity index (χ4v) is 8.43. The summed E-state index contributed by atoms with van der Waals surface area (Å²) in [7, 11) is 1.41. The van der Waals surface area contributed by atoms with E-state index in [4.69, 9.17) is 13.8 Å². The average molecular weight is 1090 g/mol. The molecule has 0 radical (unpaired) electrons. The first-order valence-corrected chi connectivity index (χ1v) is 31.7. The standard InChI is InChI=1S/C67H111N2O7P/c1-7-10-13-16-19-22-25-27-29-31-33-34-36-38-40-42-45-48-51-54-57-60-67(71)76-65(58-55-52-49-46-43-24-21-18-15-12-9-3)64(63-75-77(72,73)74-62-61-69(4,5)6)68-66(70)59-56-53-50-47-44-41-39-37-35-32-30-28-26-23-20-17-14-11-8-2/h10-11,13-14,19-20,22-23,27-30,33-35,37-38,40-41,44,50,53,55,58,64-65H,7-9,12,15-18,21,24-26,31-32,36,39,42-43,45-49,51-52,54,56-57,59-63H2,1-6H3,(H-,68,70,72,73)/p+1/b13-10-,14-11-,22-19-,23-20-,29-27-,30-28-,34-33-,37-35-,40-38-,44-41-,53-50-,58-55+. The van der Waals surface area contributed by atoms with Gasteiger partial charge in [0.2, 0.25) is 5.91 Å². The van der Waals surface area contributed by atoms with Gasteiger partial charge in [-0.3, -0.25) is 18.6 Å². The van der Waals surface area contributed by atoms with Gasteiger partial charge in [0.15, 0.2) is 0 Å². The topological polar surface area (TPSA) is 111 Å². The maximum Gasteiger partial charge on any atom is 0.472 e. The molecule has 0 aliphatic carbocycles. The number of phosphoric ester groups is 1. The highest BCUT2D eigenvalue weighted by atomic mass is 31.2. The second-order valence-corrected chi connectivity index (χ2v) is 22.2. The van der Waals surface area contributed by atoms with Crippen molar-refractivity contribution in [1.29, 1.82) is 0 Å². The van der Waals surface area contributed by atoms with Gasteiger partial charge in [-0.05, 0) is 115 Å². The van der Waals surface area contributed by atoms with Crippen LogP contribution in [0.4, 0.5) is 0 Å². The minimum absolute atomic E-state index is 0.0146. The van der Waals surface area contributed by atoms with E-state index < -0.39 is 20.0 Å². The van der Waals surface area contributed by atoms with Crippen LogP contribution in [0.1, 0.15) is 213 Å². The average Bonchev–Trinajstić information content (AvgIpc) is 3.39. The van der Waals surface area contributed by atoms with E-state index in [2.05, 4.69) is 148 Å². The minimum Gasteiger partial charge on any atom is -0.456 e. The Kier molecular flexibility index (Phi) is 52.3. The van der Waals surface area contributed by atoms with Crippen LogP contribution in [0, 0.1) is 0 Å². The quantitative estimate of drug-likeness (QED) is 0.0205. The highest BCUT2D eigenvalue weighted by Crippen LogP contribution is 2.43. The van der Waals surface area contributed by atoms with Crippen LogP contribution in [0.5, 0.6) is 0 Å². The van der Waals surface area contributed by atoms with Gasteiger partial charge in [0.05, 0.1) is 33.8 Å². The molecule has 2 N–H and O–H groups in total. The molecule has 0 saturated heterocycles. The van der Waals surface area contributed by atoms with E-state index in [0.29, 0.717) is 23.9 Å². The molecule has 0 aliphatic heterocycles. The van der Waals surface area contributed by atoms with E-state index in [1.54, 1.807) is 0 Å². The van der Waals surface area contributed by atoms with Gasteiger partial charge in [-0.15, -0.1) is 0 Å². The number of nitrogens with one attached hydrogen (secondary N) is 1. The van der Waals surface area contributed by atoms with Crippen LogP contribution in [0.15, 0.2) is 146 Å². The third-order valence-electron chi connectivity index (χ3n) is 12.3. The van der Waals surface area contributed by atoms with Gasteiger partial charge >= 0.3 is 13.8 Å². The zero-order chi connectivity index (χ0) is 56.4. The van der Waals surface area contributed by atoms with Crippen LogP contribution in [0.3, 0.4) is 0 Å². The Bertz CT molecular complexity index is 1830. The molecule has 436 valence electrons. The molecule has 0 saturated carbocycles. The lowest BCUT2D eigenvalue weighted by molar-refractivity contribution is -0.870. The molecule has 0 bridgehead atoms. The fourth-order valence-electron chi connectivity index (χ4n) is 7.69. The number of likely N-dealkylation sites (N-methyl/N-ethyl adjacent to an activating group) is 1. The summed E-state index contributed by atoms with van der Waals surface area (Å²) in [6.45, 7) is 6.68. The number of esters is 1. The number of phosphoric acid groups is 1. The van der Waals surface area contributed by atoms with E-state index in [-0.39, 0.29) is 37.9 Å². The number of nitrogens with zero attached hydrogens (tertiary/aromatic N) is 1. The van der Waals surface area contributed by atoms with Crippen molar-refractivity contribution in [2.45, 2.75) is 226 Å². The molecule has 0 aromatic rings. The third kappa shape index (κ3) is 56.4. The van der Waals surface area contributed by atoms with Crippen molar-refractivity contribution in [1.82, 2.24) is 5.32 Å². The summed E-state index contributed by atoms with van der Waals surface area (Å²) in [5, 5.41) is 2.99. The molecule has 10 heteroatoms. The molecule has 1 amide bonds. The van der Waals surface area contributed by atoms with Gasteiger partial charge in [-0.1, -0.05) is 231 Å². The lowest BCUT2D eigenvalue weighted by Gasteiger charge is -2.27. The van der Waals surface area contributed by atoms with Crippen molar-refractivity contribution in [2.24, 2.45) is 0 Å². The first kappa shape index (κ1) is 72.9. The number of carbonyl (C=O) groups excluding carboxylic acids is 2. The Labute approximate surface area is 472 Å². The van der Waals surface area contributed by atoms with Crippen molar-refractivity contribution < 1.29 is 37.3 Å². The smallest absolute Gasteiger partial charge is 0.456 e. The molecule has 0 heterocycles. The molecule has 3 atom stereocenters. The predicted molar refractivity (Wildman–Crippen MR) is 332 cm³/mol. The van der Waals surface area contributed by atoms with Crippen molar-refractivity contribution in [3.05, 3.63) is 146 Å². The second-order valence-electron chi connectivity index (χ2n) is 20.8. The van der Waals surface area contributed by atoms with Gasteiger partial charge in [-0.2, -0.15) is 0 Å². The van der Waals surface area contributed by atoms with Crippen LogP contribution >= 0.6 is 7.82 Å². The molecule has 3 unspecified atom stereocenters. The van der Waals surface area contributed by atoms with Gasteiger partial charge < -0.3 is 19.4 Å². The molecule has 0 fully saturated rings. The summed E-state index contributed by atoms with van der Waals surface area (Å²) < 4.78 is 30.6. The van der Waals surface area contributed by atoms with Crippen molar-refractivity contribution >= 4 is 19.7 Å². The maximum absolute atomic E-state index is 13.5. The summed E-state index contributed by atoms with van der Waals surface area (Å²) in [6.07, 6.45) is 80.1. The third-order valence-corrected chi connectivity index (χ3v) is 13.3. The highest BCUT2D eigenvalue weighted by molar-refractivity contribution is 7.47. The summed E-state index contributed by atoms with van der Waals surface area (Å²) >= 11 is 0. The van der Waals surface area contributed by atoms with Gasteiger partial charge in [0.1, 0.15) is 19.3 Å². The summed E-state index contributed by atoms with van der Waals surface area (Å²) in [4.78, 5) is 37.6. The van der Waals surface area contributed by atoms with Gasteiger partial charge in [-0.25, -0.2) is 4.57 Å². The number of ether oxygens (including phenoxy) is 1. The molecule has 0 aliphatic rings. The molecule has 0 aromatic heterocycles. The Hall–Kier alpha value is -4.11. The molecule has 77 heavy (non-hydrogen) atoms. The number of carbonyl (C=O) groups is 2. The van der Waals surface area contributed by atoms with Crippen LogP contribution < -0.4 is 5.32 Å². The first-order valence-electron chi connectivity index (χ1n) is 30.2. The monoisotopic (exact) mass is 1090 g/mol. The van der Waals surface area contributed by atoms with E-state index >= 15 is 0 Å². The lowest BCUT2D eigenvalue weighted by atomic mass is 10.1. The highest BCUT2D eigenvalue weighted by Gasteiger charge is 2.30. The molecule has 9 nitrogen and oxygen atoms in total. The molecular formula is C67H112N2O7P+. The minimum atomic E-state index is -4.48. The van der Waals surface area contributed by atoms with Crippen molar-refractivity contribution in [3.8, 4) is 0 Å². The number of rotatable bonds is 52. The molecule has 0 rings (SSSR count). The van der Waals surface area contributed by atoms with Crippen LogP contribution in [0.25, 0.3) is 0 Å². The lowest BCUT2D eigenvalue weighted by Crippen LogP contribution is -2.47. The van der Waals surface area contributed by atoms with Crippen LogP contribution in [-0.4, -0.2) is 74.3 Å². The van der Waals surface area contributed by atoms with E-state index in [9.17, 15) is 19.0 Å². The van der Waals surface area contributed by atoms with Gasteiger partial charge in [0.25, 0.3) is 0 Å². The predicted octanol–water partition coefficient (Wildman–Crippen LogP) is 18.7. The fraction of sp³-hybridized carbons (Fsp3) is 0.612.